The second kappa shape index (κ2) is 8.19. The van der Waals surface area contributed by atoms with Gasteiger partial charge in [-0.3, -0.25) is 0 Å². The van der Waals surface area contributed by atoms with Crippen molar-refractivity contribution in [3.8, 4) is 34.5 Å². The van der Waals surface area contributed by atoms with Gasteiger partial charge in [-0.2, -0.15) is 0 Å². The number of hydrogen-bond acceptors (Lipinski definition) is 8. The third-order valence-corrected chi connectivity index (χ3v) is 4.49. The minimum atomic E-state index is -0.846. The lowest BCUT2D eigenvalue weighted by atomic mass is 10.1. The molecule has 0 saturated carbocycles. The molecule has 0 radical (unpaired) electrons. The zero-order chi connectivity index (χ0) is 22.8. The highest BCUT2D eigenvalue weighted by atomic mass is 16.5. The van der Waals surface area contributed by atoms with Gasteiger partial charge in [0, 0.05) is 23.6 Å². The Labute approximate surface area is 181 Å². The first-order valence-electron chi connectivity index (χ1n) is 9.32. The van der Waals surface area contributed by atoms with Crippen LogP contribution in [-0.4, -0.2) is 32.4 Å². The molecule has 0 fully saturated rings. The number of esters is 2. The van der Waals surface area contributed by atoms with Crippen molar-refractivity contribution in [2.45, 2.75) is 0 Å². The van der Waals surface area contributed by atoms with Gasteiger partial charge in [0.15, 0.2) is 0 Å². The molecule has 0 aromatic heterocycles. The lowest BCUT2D eigenvalue weighted by Crippen LogP contribution is -2.10. The largest absolute Gasteiger partial charge is 0.508 e. The lowest BCUT2D eigenvalue weighted by molar-refractivity contribution is 0.0733. The Kier molecular flexibility index (Phi) is 5.26. The summed E-state index contributed by atoms with van der Waals surface area (Å²) in [4.78, 5) is 25.1. The van der Waals surface area contributed by atoms with Crippen molar-refractivity contribution in [3.05, 3.63) is 83.9 Å². The Morgan fingerprint density at radius 1 is 0.594 bits per heavy atom. The normalized spacial score (nSPS) is 10.6. The zero-order valence-electron chi connectivity index (χ0n) is 16.4. The van der Waals surface area contributed by atoms with Gasteiger partial charge in [-0.05, 0) is 35.7 Å². The van der Waals surface area contributed by atoms with Crippen LogP contribution in [0.3, 0.4) is 0 Å². The van der Waals surface area contributed by atoms with Crippen molar-refractivity contribution >= 4 is 22.7 Å². The predicted molar refractivity (Wildman–Crippen MR) is 113 cm³/mol. The quantitative estimate of drug-likeness (QED) is 0.280. The molecule has 4 rings (SSSR count). The number of ether oxygens (including phenoxy) is 2. The molecule has 0 bridgehead atoms. The number of aromatic hydroxyl groups is 4. The van der Waals surface area contributed by atoms with Crippen LogP contribution < -0.4 is 9.47 Å². The van der Waals surface area contributed by atoms with E-state index in [0.29, 0.717) is 10.8 Å². The summed E-state index contributed by atoms with van der Waals surface area (Å²) in [6.07, 6.45) is 0. The standard InChI is InChI=1S/C24H16O8/c25-16-5-14(6-17(26)10-16)23(29)31-20-9-13-3-1-2-4-21(13)22(12-20)32-24(30)15-7-18(27)11-19(28)8-15/h1-12,25-28H. The highest BCUT2D eigenvalue weighted by molar-refractivity contribution is 5.97. The van der Waals surface area contributed by atoms with Gasteiger partial charge in [-0.15, -0.1) is 0 Å². The maximum absolute atomic E-state index is 12.6. The summed E-state index contributed by atoms with van der Waals surface area (Å²) in [6, 6.07) is 16.5. The van der Waals surface area contributed by atoms with E-state index in [-0.39, 0.29) is 45.6 Å². The number of phenolic OH excluding ortho intramolecular Hbond substituents is 4. The molecule has 0 heterocycles. The molecule has 0 atom stereocenters. The fourth-order valence-electron chi connectivity index (χ4n) is 3.14. The second-order valence-electron chi connectivity index (χ2n) is 6.90. The molecule has 8 heteroatoms. The van der Waals surface area contributed by atoms with E-state index in [1.807, 2.05) is 0 Å². The first kappa shape index (κ1) is 20.5. The van der Waals surface area contributed by atoms with Gasteiger partial charge in [-0.25, -0.2) is 9.59 Å². The maximum atomic E-state index is 12.6. The van der Waals surface area contributed by atoms with Crippen LogP contribution in [-0.2, 0) is 0 Å². The molecule has 8 nitrogen and oxygen atoms in total. The summed E-state index contributed by atoms with van der Waals surface area (Å²) in [5.74, 6) is -2.78. The molecule has 160 valence electrons. The Morgan fingerprint density at radius 3 is 1.66 bits per heavy atom. The van der Waals surface area contributed by atoms with E-state index in [9.17, 15) is 30.0 Å². The Morgan fingerprint density at radius 2 is 1.09 bits per heavy atom. The van der Waals surface area contributed by atoms with Crippen LogP contribution in [0.1, 0.15) is 20.7 Å². The van der Waals surface area contributed by atoms with Crippen LogP contribution in [0, 0.1) is 0 Å². The topological polar surface area (TPSA) is 134 Å². The van der Waals surface area contributed by atoms with E-state index in [2.05, 4.69) is 0 Å². The van der Waals surface area contributed by atoms with E-state index in [0.717, 1.165) is 36.4 Å². The highest BCUT2D eigenvalue weighted by Gasteiger charge is 2.17. The third-order valence-electron chi connectivity index (χ3n) is 4.49. The summed E-state index contributed by atoms with van der Waals surface area (Å²) >= 11 is 0. The van der Waals surface area contributed by atoms with E-state index >= 15 is 0 Å². The number of carbonyl (C=O) groups is 2. The number of rotatable bonds is 4. The van der Waals surface area contributed by atoms with Crippen molar-refractivity contribution < 1.29 is 39.5 Å². The van der Waals surface area contributed by atoms with Gasteiger partial charge in [-0.1, -0.05) is 24.3 Å². The molecule has 4 N–H and O–H groups in total. The smallest absolute Gasteiger partial charge is 0.343 e. The molecule has 0 aliphatic carbocycles. The predicted octanol–water partition coefficient (Wildman–Crippen LogP) is 4.10. The zero-order valence-corrected chi connectivity index (χ0v) is 16.4. The van der Waals surface area contributed by atoms with Gasteiger partial charge in [0.1, 0.15) is 34.5 Å². The molecule has 0 unspecified atom stereocenters. The fourth-order valence-corrected chi connectivity index (χ4v) is 3.14. The SMILES string of the molecule is O=C(Oc1cc(OC(=O)c2cc(O)cc(O)c2)c2ccccc2c1)c1cc(O)cc(O)c1. The van der Waals surface area contributed by atoms with E-state index in [1.165, 1.54) is 6.07 Å². The number of phenols is 4. The average Bonchev–Trinajstić information content (AvgIpc) is 2.72. The van der Waals surface area contributed by atoms with Crippen molar-refractivity contribution in [2.24, 2.45) is 0 Å². The van der Waals surface area contributed by atoms with Gasteiger partial charge in [0.2, 0.25) is 0 Å². The minimum Gasteiger partial charge on any atom is -0.508 e. The average molecular weight is 432 g/mol. The molecule has 4 aromatic carbocycles. The highest BCUT2D eigenvalue weighted by Crippen LogP contribution is 2.33. The molecule has 32 heavy (non-hydrogen) atoms. The summed E-state index contributed by atoms with van der Waals surface area (Å²) in [5.41, 5.74) is -0.159. The third kappa shape index (κ3) is 4.39. The van der Waals surface area contributed by atoms with Crippen LogP contribution >= 0.6 is 0 Å². The van der Waals surface area contributed by atoms with Gasteiger partial charge < -0.3 is 29.9 Å². The minimum absolute atomic E-state index is 0.0538. The molecule has 0 amide bonds. The van der Waals surface area contributed by atoms with Gasteiger partial charge in [0.05, 0.1) is 11.1 Å². The van der Waals surface area contributed by atoms with E-state index < -0.39 is 11.9 Å². The summed E-state index contributed by atoms with van der Waals surface area (Å²) < 4.78 is 10.8. The molecule has 0 aliphatic heterocycles. The molecular weight excluding hydrogens is 416 g/mol. The number of hydrogen-bond donors (Lipinski definition) is 4. The van der Waals surface area contributed by atoms with Crippen LogP contribution in [0.15, 0.2) is 72.8 Å². The molecule has 0 saturated heterocycles. The van der Waals surface area contributed by atoms with E-state index in [4.69, 9.17) is 9.47 Å². The van der Waals surface area contributed by atoms with Crippen LogP contribution in [0.5, 0.6) is 34.5 Å². The number of benzene rings is 4. The Bertz CT molecular complexity index is 1320. The Hall–Kier alpha value is -4.72. The van der Waals surface area contributed by atoms with Crippen molar-refractivity contribution in [3.63, 3.8) is 0 Å². The Balaban J connectivity index is 1.68. The fraction of sp³-hybridized carbons (Fsp3) is 0. The summed E-state index contributed by atoms with van der Waals surface area (Å²) in [6.45, 7) is 0. The number of carbonyl (C=O) groups excluding carboxylic acids is 2. The summed E-state index contributed by atoms with van der Waals surface area (Å²) in [7, 11) is 0. The van der Waals surface area contributed by atoms with Crippen molar-refractivity contribution in [1.82, 2.24) is 0 Å². The molecule has 0 aliphatic rings. The molecule has 4 aromatic rings. The number of fused-ring (bicyclic) bond motifs is 1. The van der Waals surface area contributed by atoms with Crippen molar-refractivity contribution in [2.75, 3.05) is 0 Å². The first-order chi connectivity index (χ1) is 15.3. The van der Waals surface area contributed by atoms with Gasteiger partial charge >= 0.3 is 11.9 Å². The molecule has 0 spiro atoms. The van der Waals surface area contributed by atoms with Crippen molar-refractivity contribution in [1.29, 1.82) is 0 Å². The summed E-state index contributed by atoms with van der Waals surface area (Å²) in [5, 5.41) is 39.5. The van der Waals surface area contributed by atoms with E-state index in [1.54, 1.807) is 30.3 Å². The second-order valence-corrected chi connectivity index (χ2v) is 6.90. The van der Waals surface area contributed by atoms with Gasteiger partial charge in [0.25, 0.3) is 0 Å². The lowest BCUT2D eigenvalue weighted by Gasteiger charge is -2.12. The first-order valence-corrected chi connectivity index (χ1v) is 9.32. The maximum Gasteiger partial charge on any atom is 0.343 e. The monoisotopic (exact) mass is 432 g/mol. The van der Waals surface area contributed by atoms with Crippen LogP contribution in [0.4, 0.5) is 0 Å². The molecular formula is C24H16O8. The van der Waals surface area contributed by atoms with Crippen LogP contribution in [0.2, 0.25) is 0 Å². The van der Waals surface area contributed by atoms with Crippen LogP contribution in [0.25, 0.3) is 10.8 Å².